The maximum Gasteiger partial charge on any atom is 0.338 e. The average Bonchev–Trinajstić information content (AvgIpc) is 2.46. The van der Waals surface area contributed by atoms with Crippen LogP contribution in [0.2, 0.25) is 0 Å². The van der Waals surface area contributed by atoms with E-state index in [4.69, 9.17) is 4.74 Å². The number of aromatic hydroxyl groups is 1. The van der Waals surface area contributed by atoms with E-state index in [1.165, 1.54) is 6.07 Å². The van der Waals surface area contributed by atoms with E-state index >= 15 is 0 Å². The molecule has 1 aliphatic rings. The lowest BCUT2D eigenvalue weighted by Crippen LogP contribution is -2.45. The Morgan fingerprint density at radius 2 is 2.13 bits per heavy atom. The van der Waals surface area contributed by atoms with Crippen molar-refractivity contribution >= 4 is 27.9 Å². The van der Waals surface area contributed by atoms with Crippen LogP contribution >= 0.6 is 15.9 Å². The number of phenolic OH excluding ortho intramolecular Hbond substituents is 1. The zero-order chi connectivity index (χ0) is 17.1. The molecule has 1 heterocycles. The highest BCUT2D eigenvalue weighted by atomic mass is 79.9. The normalized spacial score (nSPS) is 17.8. The lowest BCUT2D eigenvalue weighted by Gasteiger charge is -2.28. The molecule has 3 N–H and O–H groups in total. The number of halogens is 1. The first-order valence-corrected chi connectivity index (χ1v) is 8.02. The Labute approximate surface area is 143 Å². The molecule has 0 saturated carbocycles. The van der Waals surface area contributed by atoms with Crippen LogP contribution in [-0.2, 0) is 9.53 Å². The number of hydrogen-bond acceptors (Lipinski definition) is 4. The van der Waals surface area contributed by atoms with Crippen LogP contribution in [0.1, 0.15) is 32.4 Å². The van der Waals surface area contributed by atoms with E-state index in [-0.39, 0.29) is 11.7 Å². The Hall–Kier alpha value is -2.02. The molecule has 7 heteroatoms. The van der Waals surface area contributed by atoms with Crippen molar-refractivity contribution in [1.82, 2.24) is 10.6 Å². The third-order valence-electron chi connectivity index (χ3n) is 3.34. The van der Waals surface area contributed by atoms with Crippen molar-refractivity contribution in [3.05, 3.63) is 39.5 Å². The van der Waals surface area contributed by atoms with Gasteiger partial charge in [-0.1, -0.05) is 19.9 Å². The van der Waals surface area contributed by atoms with Crippen LogP contribution in [0.3, 0.4) is 0 Å². The Balaban J connectivity index is 2.37. The van der Waals surface area contributed by atoms with E-state index in [2.05, 4.69) is 26.6 Å². The summed E-state index contributed by atoms with van der Waals surface area (Å²) in [6, 6.07) is 3.78. The highest BCUT2D eigenvalue weighted by Crippen LogP contribution is 2.32. The van der Waals surface area contributed by atoms with Crippen molar-refractivity contribution in [3.63, 3.8) is 0 Å². The lowest BCUT2D eigenvalue weighted by molar-refractivity contribution is -0.140. The summed E-state index contributed by atoms with van der Waals surface area (Å²) in [5.74, 6) is -0.177. The summed E-state index contributed by atoms with van der Waals surface area (Å²) in [5.41, 5.74) is 1.47. The topological polar surface area (TPSA) is 87.7 Å². The van der Waals surface area contributed by atoms with Gasteiger partial charge in [0.25, 0.3) is 0 Å². The minimum Gasteiger partial charge on any atom is -0.507 e. The second-order valence-electron chi connectivity index (χ2n) is 5.77. The van der Waals surface area contributed by atoms with Gasteiger partial charge in [0.2, 0.25) is 0 Å². The standard InChI is InChI=1S/C16H19BrN2O4/c1-8(2)7-23-15(21)13-9(3)18-16(22)19-14(13)10-4-5-12(20)11(17)6-10/h4-6,8,14,20H,7H2,1-3H3,(H2,18,19,22). The van der Waals surface area contributed by atoms with E-state index in [9.17, 15) is 14.7 Å². The molecule has 23 heavy (non-hydrogen) atoms. The highest BCUT2D eigenvalue weighted by Gasteiger charge is 2.32. The van der Waals surface area contributed by atoms with E-state index in [0.29, 0.717) is 27.9 Å². The van der Waals surface area contributed by atoms with E-state index < -0.39 is 18.0 Å². The summed E-state index contributed by atoms with van der Waals surface area (Å²) in [7, 11) is 0. The molecule has 1 unspecified atom stereocenters. The SMILES string of the molecule is CC1=C(C(=O)OCC(C)C)C(c2ccc(O)c(Br)c2)NC(=O)N1. The molecular weight excluding hydrogens is 364 g/mol. The van der Waals surface area contributed by atoms with Gasteiger partial charge in [-0.2, -0.15) is 0 Å². The van der Waals surface area contributed by atoms with Gasteiger partial charge in [-0.3, -0.25) is 0 Å². The second-order valence-corrected chi connectivity index (χ2v) is 6.63. The zero-order valence-electron chi connectivity index (χ0n) is 13.1. The number of carbonyl (C=O) groups is 2. The smallest absolute Gasteiger partial charge is 0.338 e. The molecule has 1 atom stereocenters. The van der Waals surface area contributed by atoms with Gasteiger partial charge in [-0.25, -0.2) is 9.59 Å². The summed E-state index contributed by atoms with van der Waals surface area (Å²) in [5, 5.41) is 14.9. The molecule has 2 rings (SSSR count). The van der Waals surface area contributed by atoms with Crippen molar-refractivity contribution in [1.29, 1.82) is 0 Å². The van der Waals surface area contributed by atoms with Gasteiger partial charge < -0.3 is 20.5 Å². The van der Waals surface area contributed by atoms with Crippen molar-refractivity contribution in [3.8, 4) is 5.75 Å². The molecule has 0 fully saturated rings. The minimum absolute atomic E-state index is 0.0821. The molecule has 124 valence electrons. The first kappa shape index (κ1) is 17.3. The Kier molecular flexibility index (Phi) is 5.30. The monoisotopic (exact) mass is 382 g/mol. The van der Waals surface area contributed by atoms with Crippen molar-refractivity contribution in [2.75, 3.05) is 6.61 Å². The Morgan fingerprint density at radius 3 is 2.74 bits per heavy atom. The first-order chi connectivity index (χ1) is 10.8. The predicted octanol–water partition coefficient (Wildman–Crippen LogP) is 2.98. The fraction of sp³-hybridized carbons (Fsp3) is 0.375. The molecule has 0 aromatic heterocycles. The molecule has 0 saturated heterocycles. The Bertz CT molecular complexity index is 670. The molecule has 1 aromatic rings. The highest BCUT2D eigenvalue weighted by molar-refractivity contribution is 9.10. The van der Waals surface area contributed by atoms with Crippen LogP contribution in [0.25, 0.3) is 0 Å². The lowest BCUT2D eigenvalue weighted by atomic mass is 9.95. The largest absolute Gasteiger partial charge is 0.507 e. The number of urea groups is 1. The number of benzene rings is 1. The molecule has 0 spiro atoms. The molecule has 0 aliphatic carbocycles. The van der Waals surface area contributed by atoms with Crippen LogP contribution in [0.15, 0.2) is 33.9 Å². The van der Waals surface area contributed by atoms with E-state index in [1.54, 1.807) is 19.1 Å². The average molecular weight is 383 g/mol. The van der Waals surface area contributed by atoms with Crippen molar-refractivity contribution in [2.24, 2.45) is 5.92 Å². The number of allylic oxidation sites excluding steroid dienone is 1. The summed E-state index contributed by atoms with van der Waals surface area (Å²) < 4.78 is 5.79. The van der Waals surface area contributed by atoms with Gasteiger partial charge in [-0.05, 0) is 46.5 Å². The quantitative estimate of drug-likeness (QED) is 0.698. The van der Waals surface area contributed by atoms with Crippen LogP contribution in [0, 0.1) is 5.92 Å². The third-order valence-corrected chi connectivity index (χ3v) is 3.98. The maximum atomic E-state index is 12.4. The van der Waals surface area contributed by atoms with Crippen LogP contribution < -0.4 is 10.6 Å². The van der Waals surface area contributed by atoms with Crippen LogP contribution in [0.4, 0.5) is 4.79 Å². The van der Waals surface area contributed by atoms with Gasteiger partial charge in [0.15, 0.2) is 0 Å². The first-order valence-electron chi connectivity index (χ1n) is 7.23. The minimum atomic E-state index is -0.639. The molecular formula is C16H19BrN2O4. The van der Waals surface area contributed by atoms with Gasteiger partial charge in [0.1, 0.15) is 5.75 Å². The fourth-order valence-electron chi connectivity index (χ4n) is 2.24. The fourth-order valence-corrected chi connectivity index (χ4v) is 2.63. The number of esters is 1. The predicted molar refractivity (Wildman–Crippen MR) is 88.7 cm³/mol. The molecule has 1 aromatic carbocycles. The summed E-state index contributed by atoms with van der Waals surface area (Å²) in [6.07, 6.45) is 0. The van der Waals surface area contributed by atoms with Crippen LogP contribution in [0.5, 0.6) is 5.75 Å². The number of amides is 2. The maximum absolute atomic E-state index is 12.4. The number of phenols is 1. The van der Waals surface area contributed by atoms with E-state index in [1.807, 2.05) is 13.8 Å². The van der Waals surface area contributed by atoms with Gasteiger partial charge >= 0.3 is 12.0 Å². The summed E-state index contributed by atoms with van der Waals surface area (Å²) in [6.45, 7) is 5.86. The van der Waals surface area contributed by atoms with Crippen molar-refractivity contribution < 1.29 is 19.4 Å². The summed E-state index contributed by atoms with van der Waals surface area (Å²) >= 11 is 3.24. The number of hydrogen-bond donors (Lipinski definition) is 3. The van der Waals surface area contributed by atoms with Crippen molar-refractivity contribution in [2.45, 2.75) is 26.8 Å². The number of rotatable bonds is 4. The molecule has 0 bridgehead atoms. The van der Waals surface area contributed by atoms with Gasteiger partial charge in [0, 0.05) is 5.70 Å². The molecule has 0 radical (unpaired) electrons. The molecule has 1 aliphatic heterocycles. The van der Waals surface area contributed by atoms with Gasteiger partial charge in [0.05, 0.1) is 22.7 Å². The Morgan fingerprint density at radius 1 is 1.43 bits per heavy atom. The number of ether oxygens (including phenoxy) is 1. The van der Waals surface area contributed by atoms with E-state index in [0.717, 1.165) is 0 Å². The van der Waals surface area contributed by atoms with Gasteiger partial charge in [-0.15, -0.1) is 0 Å². The molecule has 6 nitrogen and oxygen atoms in total. The zero-order valence-corrected chi connectivity index (χ0v) is 14.7. The summed E-state index contributed by atoms with van der Waals surface area (Å²) in [4.78, 5) is 24.2. The molecule has 2 amide bonds. The second kappa shape index (κ2) is 7.04. The number of nitrogens with one attached hydrogen (secondary N) is 2. The number of carbonyl (C=O) groups excluding carboxylic acids is 2. The van der Waals surface area contributed by atoms with Crippen LogP contribution in [-0.4, -0.2) is 23.7 Å². The third kappa shape index (κ3) is 4.04.